The maximum absolute atomic E-state index is 5.51. The van der Waals surface area contributed by atoms with Crippen LogP contribution in [0.15, 0.2) is 16.3 Å². The van der Waals surface area contributed by atoms with Crippen LogP contribution in [0, 0.1) is 0 Å². The summed E-state index contributed by atoms with van der Waals surface area (Å²) >= 11 is 0. The Kier molecular flexibility index (Phi) is 8.55. The Morgan fingerprint density at radius 1 is 1.09 bits per heavy atom. The summed E-state index contributed by atoms with van der Waals surface area (Å²) in [5.74, 6) is 0. The number of nitrogens with two attached hydrogens (primary N) is 1. The second kappa shape index (κ2) is 7.32. The van der Waals surface area contributed by atoms with Gasteiger partial charge in [0.2, 0.25) is 0 Å². The highest BCUT2D eigenvalue weighted by atomic mass is 14.7. The molecular weight excluding hydrogens is 136 g/mol. The van der Waals surface area contributed by atoms with Crippen LogP contribution in [0.2, 0.25) is 0 Å². The van der Waals surface area contributed by atoms with Crippen LogP contribution in [0.1, 0.15) is 34.6 Å². The third-order valence-electron chi connectivity index (χ3n) is 1.47. The fraction of sp³-hybridized carbons (Fsp3) is 0.667. The van der Waals surface area contributed by atoms with Gasteiger partial charge in [-0.25, -0.2) is 0 Å². The maximum Gasteiger partial charge on any atom is 0.0360 e. The van der Waals surface area contributed by atoms with Gasteiger partial charge < -0.3 is 5.73 Å². The Morgan fingerprint density at radius 2 is 1.45 bits per heavy atom. The van der Waals surface area contributed by atoms with Crippen molar-refractivity contribution in [3.05, 3.63) is 11.3 Å². The SMILES string of the molecule is CC.CN=C(C)/C(C)=C(/C)N. The highest BCUT2D eigenvalue weighted by molar-refractivity contribution is 5.98. The van der Waals surface area contributed by atoms with Gasteiger partial charge in [-0.05, 0) is 26.3 Å². The number of hydrogen-bond acceptors (Lipinski definition) is 2. The van der Waals surface area contributed by atoms with Crippen LogP contribution in [0.4, 0.5) is 0 Å². The van der Waals surface area contributed by atoms with E-state index in [0.29, 0.717) is 0 Å². The summed E-state index contributed by atoms with van der Waals surface area (Å²) in [5, 5.41) is 0. The quantitative estimate of drug-likeness (QED) is 0.581. The predicted octanol–water partition coefficient (Wildman–Crippen LogP) is 2.36. The van der Waals surface area contributed by atoms with Gasteiger partial charge in [-0.3, -0.25) is 4.99 Å². The smallest absolute Gasteiger partial charge is 0.0360 e. The van der Waals surface area contributed by atoms with E-state index in [2.05, 4.69) is 4.99 Å². The molecule has 0 radical (unpaired) electrons. The first kappa shape index (κ1) is 12.8. The molecule has 0 saturated heterocycles. The lowest BCUT2D eigenvalue weighted by Crippen LogP contribution is -2.02. The summed E-state index contributed by atoms with van der Waals surface area (Å²) in [4.78, 5) is 3.99. The van der Waals surface area contributed by atoms with Crippen LogP contribution in [-0.4, -0.2) is 12.8 Å². The molecule has 2 nitrogen and oxygen atoms in total. The molecule has 0 amide bonds. The lowest BCUT2D eigenvalue weighted by Gasteiger charge is -1.99. The molecule has 0 aromatic carbocycles. The summed E-state index contributed by atoms with van der Waals surface area (Å²) in [6.07, 6.45) is 0. The highest BCUT2D eigenvalue weighted by Crippen LogP contribution is 1.98. The van der Waals surface area contributed by atoms with Gasteiger partial charge in [0, 0.05) is 18.5 Å². The van der Waals surface area contributed by atoms with Crippen molar-refractivity contribution in [3.63, 3.8) is 0 Å². The van der Waals surface area contributed by atoms with E-state index in [9.17, 15) is 0 Å². The topological polar surface area (TPSA) is 38.4 Å². The Morgan fingerprint density at radius 3 is 1.55 bits per heavy atom. The van der Waals surface area contributed by atoms with Crippen molar-refractivity contribution in [2.24, 2.45) is 10.7 Å². The van der Waals surface area contributed by atoms with E-state index < -0.39 is 0 Å². The van der Waals surface area contributed by atoms with Gasteiger partial charge in [0.15, 0.2) is 0 Å². The number of aliphatic imine (C=N–C) groups is 1. The van der Waals surface area contributed by atoms with Gasteiger partial charge in [-0.15, -0.1) is 0 Å². The van der Waals surface area contributed by atoms with Gasteiger partial charge in [0.1, 0.15) is 0 Å². The van der Waals surface area contributed by atoms with Crippen molar-refractivity contribution in [1.82, 2.24) is 0 Å². The minimum atomic E-state index is 0.845. The van der Waals surface area contributed by atoms with Crippen LogP contribution >= 0.6 is 0 Å². The van der Waals surface area contributed by atoms with Gasteiger partial charge in [0.05, 0.1) is 0 Å². The molecule has 0 aliphatic heterocycles. The lowest BCUT2D eigenvalue weighted by atomic mass is 10.2. The minimum Gasteiger partial charge on any atom is -0.402 e. The first-order valence-electron chi connectivity index (χ1n) is 3.96. The molecule has 0 heterocycles. The third kappa shape index (κ3) is 5.64. The fourth-order valence-corrected chi connectivity index (χ4v) is 0.453. The molecule has 2 heteroatoms. The van der Waals surface area contributed by atoms with Gasteiger partial charge >= 0.3 is 0 Å². The van der Waals surface area contributed by atoms with Crippen molar-refractivity contribution < 1.29 is 0 Å². The van der Waals surface area contributed by atoms with E-state index in [1.807, 2.05) is 34.6 Å². The molecule has 0 spiro atoms. The van der Waals surface area contributed by atoms with Crippen molar-refractivity contribution in [2.45, 2.75) is 34.6 Å². The molecule has 11 heavy (non-hydrogen) atoms. The van der Waals surface area contributed by atoms with Crippen LogP contribution in [-0.2, 0) is 0 Å². The number of allylic oxidation sites excluding steroid dienone is 2. The Hall–Kier alpha value is -0.790. The Bertz CT molecular complexity index is 151. The van der Waals surface area contributed by atoms with Crippen molar-refractivity contribution >= 4 is 5.71 Å². The van der Waals surface area contributed by atoms with Crippen molar-refractivity contribution in [1.29, 1.82) is 0 Å². The monoisotopic (exact) mass is 156 g/mol. The standard InChI is InChI=1S/C7H14N2.C2H6/c1-5(6(2)8)7(3)9-4;1-2/h8H2,1-4H3;1-2H3/b6-5-,9-7?;. The maximum atomic E-state index is 5.51. The minimum absolute atomic E-state index is 0.845. The van der Waals surface area contributed by atoms with Crippen molar-refractivity contribution in [2.75, 3.05) is 7.05 Å². The predicted molar refractivity (Wildman–Crippen MR) is 52.9 cm³/mol. The summed E-state index contributed by atoms with van der Waals surface area (Å²) in [6, 6.07) is 0. The number of rotatable bonds is 1. The van der Waals surface area contributed by atoms with Crippen LogP contribution in [0.5, 0.6) is 0 Å². The zero-order chi connectivity index (χ0) is 9.44. The average Bonchev–Trinajstić information content (AvgIpc) is 2.05. The largest absolute Gasteiger partial charge is 0.402 e. The molecular formula is C9H20N2. The highest BCUT2D eigenvalue weighted by Gasteiger charge is 1.93. The van der Waals surface area contributed by atoms with Gasteiger partial charge in [-0.2, -0.15) is 0 Å². The zero-order valence-corrected chi connectivity index (χ0v) is 8.52. The summed E-state index contributed by atoms with van der Waals surface area (Å²) in [7, 11) is 1.77. The molecule has 2 N–H and O–H groups in total. The van der Waals surface area contributed by atoms with E-state index in [1.165, 1.54) is 0 Å². The zero-order valence-electron chi connectivity index (χ0n) is 8.52. The van der Waals surface area contributed by atoms with Crippen molar-refractivity contribution in [3.8, 4) is 0 Å². The van der Waals surface area contributed by atoms with E-state index in [4.69, 9.17) is 5.73 Å². The third-order valence-corrected chi connectivity index (χ3v) is 1.47. The van der Waals surface area contributed by atoms with Gasteiger partial charge in [0.25, 0.3) is 0 Å². The summed E-state index contributed by atoms with van der Waals surface area (Å²) < 4.78 is 0. The normalized spacial score (nSPS) is 13.1. The second-order valence-electron chi connectivity index (χ2n) is 2.12. The van der Waals surface area contributed by atoms with Gasteiger partial charge in [-0.1, -0.05) is 13.8 Å². The van der Waals surface area contributed by atoms with Crippen LogP contribution in [0.3, 0.4) is 0 Å². The number of hydrogen-bond donors (Lipinski definition) is 1. The average molecular weight is 156 g/mol. The molecule has 0 fully saturated rings. The molecule has 0 aromatic heterocycles. The summed E-state index contributed by atoms with van der Waals surface area (Å²) in [5.41, 5.74) is 8.45. The molecule has 0 saturated carbocycles. The van der Waals surface area contributed by atoms with E-state index in [0.717, 1.165) is 17.0 Å². The molecule has 0 unspecified atom stereocenters. The molecule has 66 valence electrons. The second-order valence-corrected chi connectivity index (χ2v) is 2.12. The molecule has 0 rings (SSSR count). The van der Waals surface area contributed by atoms with Crippen LogP contribution in [0.25, 0.3) is 0 Å². The van der Waals surface area contributed by atoms with E-state index in [1.54, 1.807) is 7.05 Å². The first-order chi connectivity index (χ1) is 5.09. The molecule has 0 aliphatic rings. The first-order valence-corrected chi connectivity index (χ1v) is 3.96. The lowest BCUT2D eigenvalue weighted by molar-refractivity contribution is 1.24. The molecule has 0 aromatic rings. The molecule has 0 bridgehead atoms. The Balaban J connectivity index is 0. The van der Waals surface area contributed by atoms with E-state index in [-0.39, 0.29) is 0 Å². The molecule has 0 aliphatic carbocycles. The van der Waals surface area contributed by atoms with E-state index >= 15 is 0 Å². The fourth-order valence-electron chi connectivity index (χ4n) is 0.453. The number of nitrogens with zero attached hydrogens (tertiary/aromatic N) is 1. The Labute approximate surface area is 70.2 Å². The summed E-state index contributed by atoms with van der Waals surface area (Å²) in [6.45, 7) is 9.80. The van der Waals surface area contributed by atoms with Crippen LogP contribution < -0.4 is 5.73 Å². The molecule has 0 atom stereocenters.